The number of ether oxygens (including phenoxy) is 1. The molecule has 17 heavy (non-hydrogen) atoms. The van der Waals surface area contributed by atoms with Gasteiger partial charge in [-0.25, -0.2) is 0 Å². The molecule has 0 bridgehead atoms. The third kappa shape index (κ3) is 3.43. The molecule has 0 spiro atoms. The smallest absolute Gasteiger partial charge is 0.0480 e. The Labute approximate surface area is 106 Å². The van der Waals surface area contributed by atoms with Gasteiger partial charge in [0.15, 0.2) is 0 Å². The van der Waals surface area contributed by atoms with Gasteiger partial charge in [0.1, 0.15) is 0 Å². The van der Waals surface area contributed by atoms with Crippen molar-refractivity contribution in [1.29, 1.82) is 0 Å². The second-order valence-electron chi connectivity index (χ2n) is 5.71. The lowest BCUT2D eigenvalue weighted by molar-refractivity contribution is 0.0149. The fraction of sp³-hybridized carbons (Fsp3) is 1.00. The summed E-state index contributed by atoms with van der Waals surface area (Å²) in [7, 11) is 2.28. The van der Waals surface area contributed by atoms with Gasteiger partial charge in [0.25, 0.3) is 0 Å². The Morgan fingerprint density at radius 1 is 1.12 bits per heavy atom. The molecular formula is C14H28N2O. The van der Waals surface area contributed by atoms with Crippen molar-refractivity contribution >= 4 is 0 Å². The number of nitrogens with two attached hydrogens (primary N) is 1. The Morgan fingerprint density at radius 3 is 2.35 bits per heavy atom. The summed E-state index contributed by atoms with van der Waals surface area (Å²) < 4.78 is 5.45. The molecule has 1 atom stereocenters. The molecule has 1 unspecified atom stereocenters. The lowest BCUT2D eigenvalue weighted by atomic mass is 9.82. The largest absolute Gasteiger partial charge is 0.381 e. The third-order valence-electron chi connectivity index (χ3n) is 4.73. The lowest BCUT2D eigenvalue weighted by Crippen LogP contribution is -2.50. The summed E-state index contributed by atoms with van der Waals surface area (Å²) in [5, 5.41) is 0. The Balaban J connectivity index is 1.90. The summed E-state index contributed by atoms with van der Waals surface area (Å²) in [4.78, 5) is 2.57. The SMILES string of the molecule is CN(C1CCOCC1)C(CN)C1CCCCC1. The van der Waals surface area contributed by atoms with Crippen molar-refractivity contribution in [3.63, 3.8) is 0 Å². The molecule has 0 radical (unpaired) electrons. The van der Waals surface area contributed by atoms with Gasteiger partial charge in [-0.3, -0.25) is 4.90 Å². The molecule has 2 N–H and O–H groups in total. The normalized spacial score (nSPS) is 26.3. The van der Waals surface area contributed by atoms with E-state index in [1.807, 2.05) is 0 Å². The molecule has 2 rings (SSSR count). The van der Waals surface area contributed by atoms with Gasteiger partial charge in [0, 0.05) is 31.8 Å². The minimum atomic E-state index is 0.596. The van der Waals surface area contributed by atoms with E-state index in [-0.39, 0.29) is 0 Å². The Morgan fingerprint density at radius 2 is 1.76 bits per heavy atom. The summed E-state index contributed by atoms with van der Waals surface area (Å²) in [5.74, 6) is 0.835. The molecule has 3 nitrogen and oxygen atoms in total. The van der Waals surface area contributed by atoms with Crippen molar-refractivity contribution in [2.24, 2.45) is 11.7 Å². The van der Waals surface area contributed by atoms with Gasteiger partial charge in [-0.2, -0.15) is 0 Å². The Kier molecular flexibility index (Phi) is 5.26. The van der Waals surface area contributed by atoms with Crippen LogP contribution in [0.5, 0.6) is 0 Å². The monoisotopic (exact) mass is 240 g/mol. The quantitative estimate of drug-likeness (QED) is 0.817. The van der Waals surface area contributed by atoms with E-state index in [1.54, 1.807) is 0 Å². The number of rotatable bonds is 4. The van der Waals surface area contributed by atoms with Crippen LogP contribution in [-0.2, 0) is 4.74 Å². The van der Waals surface area contributed by atoms with Crippen LogP contribution in [0.2, 0.25) is 0 Å². The van der Waals surface area contributed by atoms with Gasteiger partial charge < -0.3 is 10.5 Å². The van der Waals surface area contributed by atoms with E-state index in [9.17, 15) is 0 Å². The van der Waals surface area contributed by atoms with E-state index in [1.165, 1.54) is 44.9 Å². The number of hydrogen-bond donors (Lipinski definition) is 1. The van der Waals surface area contributed by atoms with Crippen LogP contribution in [0.25, 0.3) is 0 Å². The van der Waals surface area contributed by atoms with E-state index >= 15 is 0 Å². The highest BCUT2D eigenvalue weighted by Crippen LogP contribution is 2.30. The molecule has 2 aliphatic rings. The average Bonchev–Trinajstić information content (AvgIpc) is 2.42. The van der Waals surface area contributed by atoms with Gasteiger partial charge in [0.2, 0.25) is 0 Å². The minimum absolute atomic E-state index is 0.596. The van der Waals surface area contributed by atoms with Gasteiger partial charge in [-0.05, 0) is 38.6 Å². The van der Waals surface area contributed by atoms with Crippen LogP contribution in [-0.4, -0.2) is 43.8 Å². The van der Waals surface area contributed by atoms with Crippen molar-refractivity contribution in [2.45, 2.75) is 57.0 Å². The molecule has 1 heterocycles. The second-order valence-corrected chi connectivity index (χ2v) is 5.71. The predicted molar refractivity (Wildman–Crippen MR) is 71.0 cm³/mol. The number of nitrogens with zero attached hydrogens (tertiary/aromatic N) is 1. The van der Waals surface area contributed by atoms with E-state index in [4.69, 9.17) is 10.5 Å². The molecule has 3 heteroatoms. The first-order valence-electron chi connectivity index (χ1n) is 7.32. The van der Waals surface area contributed by atoms with Crippen LogP contribution in [0.3, 0.4) is 0 Å². The predicted octanol–water partition coefficient (Wildman–Crippen LogP) is 2.00. The topological polar surface area (TPSA) is 38.5 Å². The van der Waals surface area contributed by atoms with E-state index in [2.05, 4.69) is 11.9 Å². The first-order valence-corrected chi connectivity index (χ1v) is 7.32. The molecular weight excluding hydrogens is 212 g/mol. The summed E-state index contributed by atoms with van der Waals surface area (Å²) in [5.41, 5.74) is 6.04. The van der Waals surface area contributed by atoms with Crippen LogP contribution >= 0.6 is 0 Å². The average molecular weight is 240 g/mol. The summed E-state index contributed by atoms with van der Waals surface area (Å²) in [6, 6.07) is 1.29. The molecule has 0 aromatic heterocycles. The Hall–Kier alpha value is -0.120. The first-order chi connectivity index (χ1) is 8.33. The zero-order valence-corrected chi connectivity index (χ0v) is 11.2. The van der Waals surface area contributed by atoms with Gasteiger partial charge in [0.05, 0.1) is 0 Å². The van der Waals surface area contributed by atoms with Gasteiger partial charge in [-0.15, -0.1) is 0 Å². The summed E-state index contributed by atoms with van der Waals surface area (Å²) in [6.45, 7) is 2.67. The molecule has 0 aromatic carbocycles. The number of hydrogen-bond acceptors (Lipinski definition) is 3. The zero-order valence-electron chi connectivity index (χ0n) is 11.2. The van der Waals surface area contributed by atoms with Crippen molar-refractivity contribution in [3.8, 4) is 0 Å². The Bertz CT molecular complexity index is 210. The molecule has 0 amide bonds. The summed E-state index contributed by atoms with van der Waals surface area (Å²) >= 11 is 0. The maximum Gasteiger partial charge on any atom is 0.0480 e. The van der Waals surface area contributed by atoms with Crippen LogP contribution in [0, 0.1) is 5.92 Å². The van der Waals surface area contributed by atoms with Crippen molar-refractivity contribution < 1.29 is 4.74 Å². The van der Waals surface area contributed by atoms with Crippen molar-refractivity contribution in [2.75, 3.05) is 26.8 Å². The van der Waals surface area contributed by atoms with Crippen LogP contribution < -0.4 is 5.73 Å². The fourth-order valence-electron chi connectivity index (χ4n) is 3.57. The minimum Gasteiger partial charge on any atom is -0.381 e. The summed E-state index contributed by atoms with van der Waals surface area (Å²) in [6.07, 6.45) is 9.37. The van der Waals surface area contributed by atoms with Crippen LogP contribution in [0.1, 0.15) is 44.9 Å². The highest BCUT2D eigenvalue weighted by molar-refractivity contribution is 4.85. The highest BCUT2D eigenvalue weighted by Gasteiger charge is 2.30. The highest BCUT2D eigenvalue weighted by atomic mass is 16.5. The van der Waals surface area contributed by atoms with Crippen molar-refractivity contribution in [1.82, 2.24) is 4.90 Å². The van der Waals surface area contributed by atoms with Crippen LogP contribution in [0.4, 0.5) is 0 Å². The van der Waals surface area contributed by atoms with Crippen LogP contribution in [0.15, 0.2) is 0 Å². The van der Waals surface area contributed by atoms with Crippen molar-refractivity contribution in [3.05, 3.63) is 0 Å². The zero-order chi connectivity index (χ0) is 12.1. The van der Waals surface area contributed by atoms with Gasteiger partial charge in [-0.1, -0.05) is 19.3 Å². The maximum absolute atomic E-state index is 6.04. The second kappa shape index (κ2) is 6.72. The maximum atomic E-state index is 6.04. The third-order valence-corrected chi connectivity index (χ3v) is 4.73. The lowest BCUT2D eigenvalue weighted by Gasteiger charge is -2.41. The molecule has 1 aliphatic carbocycles. The first kappa shape index (κ1) is 13.3. The molecule has 0 aromatic rings. The van der Waals surface area contributed by atoms with Gasteiger partial charge >= 0.3 is 0 Å². The van der Waals surface area contributed by atoms with E-state index < -0.39 is 0 Å². The molecule has 1 aliphatic heterocycles. The van der Waals surface area contributed by atoms with E-state index in [0.29, 0.717) is 12.1 Å². The van der Waals surface area contributed by atoms with E-state index in [0.717, 1.165) is 25.7 Å². The number of likely N-dealkylation sites (N-methyl/N-ethyl adjacent to an activating group) is 1. The molecule has 2 fully saturated rings. The molecule has 100 valence electrons. The molecule has 1 saturated heterocycles. The standard InChI is InChI=1S/C14H28N2O/c1-16(13-7-9-17-10-8-13)14(11-15)12-5-3-2-4-6-12/h12-14H,2-11,15H2,1H3. The molecule has 1 saturated carbocycles. The fourth-order valence-corrected chi connectivity index (χ4v) is 3.57.